The summed E-state index contributed by atoms with van der Waals surface area (Å²) in [5.41, 5.74) is 3.03. The van der Waals surface area contributed by atoms with Crippen LogP contribution in [-0.2, 0) is 12.8 Å². The van der Waals surface area contributed by atoms with E-state index in [0.29, 0.717) is 17.2 Å². The maximum Gasteiger partial charge on any atom is 0.394 e. The van der Waals surface area contributed by atoms with Crippen LogP contribution in [0.5, 0.6) is 11.5 Å². The normalized spacial score (nSPS) is 13.7. The number of alkyl halides is 3. The second-order valence-corrected chi connectivity index (χ2v) is 13.7. The molecule has 5 heteroatoms. The van der Waals surface area contributed by atoms with Crippen LogP contribution < -0.4 is 4.74 Å². The highest BCUT2D eigenvalue weighted by Crippen LogP contribution is 2.52. The van der Waals surface area contributed by atoms with Gasteiger partial charge in [0, 0.05) is 17.3 Å². The zero-order valence-electron chi connectivity index (χ0n) is 24.8. The van der Waals surface area contributed by atoms with Gasteiger partial charge in [-0.05, 0) is 80.4 Å². The zero-order chi connectivity index (χ0) is 29.5. The molecule has 4 aromatic carbocycles. The summed E-state index contributed by atoms with van der Waals surface area (Å²) in [5.74, 6) is 1.85. The smallest absolute Gasteiger partial charge is 0.394 e. The van der Waals surface area contributed by atoms with Gasteiger partial charge >= 0.3 is 6.18 Å². The van der Waals surface area contributed by atoms with E-state index in [2.05, 4.69) is 58.9 Å². The first-order valence-electron chi connectivity index (χ1n) is 14.3. The van der Waals surface area contributed by atoms with Gasteiger partial charge in [-0.15, -0.1) is 0 Å². The second kappa shape index (κ2) is 9.20. The fraction of sp³-hybridized carbons (Fsp3) is 0.361. The first-order valence-corrected chi connectivity index (χ1v) is 14.3. The molecule has 0 fully saturated rings. The SMILES string of the molecule is CC(C)c1ccc2c(CC(C)(C)C)c3c(cc2c1)-c1nccc2c1c(cc1c(CC(C)(C)C(F)(F)F)cccc12)O3. The summed E-state index contributed by atoms with van der Waals surface area (Å²) in [6, 6.07) is 18.4. The van der Waals surface area contributed by atoms with Crippen molar-refractivity contribution in [2.75, 3.05) is 0 Å². The number of rotatable bonds is 4. The fourth-order valence-corrected chi connectivity index (χ4v) is 6.12. The van der Waals surface area contributed by atoms with E-state index in [0.717, 1.165) is 61.3 Å². The molecule has 0 bridgehead atoms. The minimum atomic E-state index is -4.31. The van der Waals surface area contributed by atoms with Crippen molar-refractivity contribution in [1.82, 2.24) is 4.98 Å². The molecule has 0 unspecified atom stereocenters. The standard InChI is InChI=1S/C36H36F3NO/c1-20(2)21-11-12-24-23(15-21)16-28-32-31-26(13-14-40-32)25-10-8-9-22(18-35(6,7)36(37,38)39)27(25)17-30(31)41-33(28)29(24)19-34(3,4)5/h8-17,20H,18-19H2,1-7H3. The lowest BCUT2D eigenvalue weighted by atomic mass is 9.82. The molecule has 2 heterocycles. The topological polar surface area (TPSA) is 22.1 Å². The monoisotopic (exact) mass is 555 g/mol. The summed E-state index contributed by atoms with van der Waals surface area (Å²) in [6.45, 7) is 13.6. The van der Waals surface area contributed by atoms with Gasteiger partial charge in [0.05, 0.1) is 16.5 Å². The van der Waals surface area contributed by atoms with E-state index in [1.807, 2.05) is 24.3 Å². The van der Waals surface area contributed by atoms with E-state index in [4.69, 9.17) is 9.72 Å². The molecule has 6 rings (SSSR count). The highest BCUT2D eigenvalue weighted by Gasteiger charge is 2.47. The van der Waals surface area contributed by atoms with Crippen molar-refractivity contribution in [3.8, 4) is 22.8 Å². The van der Waals surface area contributed by atoms with Crippen molar-refractivity contribution in [1.29, 1.82) is 0 Å². The molecular formula is C36H36F3NO. The van der Waals surface area contributed by atoms with Gasteiger partial charge in [-0.2, -0.15) is 13.2 Å². The van der Waals surface area contributed by atoms with Crippen molar-refractivity contribution in [3.63, 3.8) is 0 Å². The molecule has 212 valence electrons. The zero-order valence-corrected chi connectivity index (χ0v) is 24.8. The van der Waals surface area contributed by atoms with Crippen LogP contribution in [0.3, 0.4) is 0 Å². The highest BCUT2D eigenvalue weighted by molar-refractivity contribution is 6.17. The largest absolute Gasteiger partial charge is 0.456 e. The maximum absolute atomic E-state index is 13.9. The second-order valence-electron chi connectivity index (χ2n) is 13.7. The Kier molecular flexibility index (Phi) is 6.19. The fourth-order valence-electron chi connectivity index (χ4n) is 6.12. The summed E-state index contributed by atoms with van der Waals surface area (Å²) in [4.78, 5) is 4.87. The van der Waals surface area contributed by atoms with E-state index < -0.39 is 11.6 Å². The Morgan fingerprint density at radius 3 is 2.24 bits per heavy atom. The summed E-state index contributed by atoms with van der Waals surface area (Å²) in [5, 5.41) is 5.86. The van der Waals surface area contributed by atoms with Crippen LogP contribution in [0, 0.1) is 10.8 Å². The van der Waals surface area contributed by atoms with Crippen molar-refractivity contribution < 1.29 is 17.9 Å². The van der Waals surface area contributed by atoms with E-state index in [-0.39, 0.29) is 11.8 Å². The number of benzene rings is 4. The summed E-state index contributed by atoms with van der Waals surface area (Å²) < 4.78 is 48.5. The van der Waals surface area contributed by atoms with Crippen LogP contribution in [0.2, 0.25) is 0 Å². The summed E-state index contributed by atoms with van der Waals surface area (Å²) >= 11 is 0. The van der Waals surface area contributed by atoms with E-state index >= 15 is 0 Å². The van der Waals surface area contributed by atoms with Crippen LogP contribution >= 0.6 is 0 Å². The van der Waals surface area contributed by atoms with Gasteiger partial charge < -0.3 is 4.74 Å². The van der Waals surface area contributed by atoms with E-state index in [1.54, 1.807) is 12.3 Å². The van der Waals surface area contributed by atoms with Gasteiger partial charge in [0.2, 0.25) is 0 Å². The number of hydrogen-bond donors (Lipinski definition) is 0. The van der Waals surface area contributed by atoms with Gasteiger partial charge in [0.1, 0.15) is 11.5 Å². The third-order valence-electron chi connectivity index (χ3n) is 8.42. The molecule has 0 spiro atoms. The Bertz CT molecular complexity index is 1840. The van der Waals surface area contributed by atoms with E-state index in [9.17, 15) is 13.2 Å². The Morgan fingerprint density at radius 2 is 1.56 bits per heavy atom. The molecule has 5 aromatic rings. The average molecular weight is 556 g/mol. The first-order chi connectivity index (χ1) is 19.1. The van der Waals surface area contributed by atoms with Crippen LogP contribution in [0.25, 0.3) is 43.6 Å². The summed E-state index contributed by atoms with van der Waals surface area (Å²) in [7, 11) is 0. The van der Waals surface area contributed by atoms with Crippen LogP contribution in [0.1, 0.15) is 71.1 Å². The molecule has 0 saturated heterocycles. The Labute approximate surface area is 239 Å². The molecule has 2 nitrogen and oxygen atoms in total. The molecule has 0 aliphatic carbocycles. The number of nitrogens with zero attached hydrogens (tertiary/aromatic N) is 1. The third-order valence-corrected chi connectivity index (χ3v) is 8.42. The molecule has 1 aliphatic heterocycles. The van der Waals surface area contributed by atoms with Gasteiger partial charge in [0.25, 0.3) is 0 Å². The number of fused-ring (bicyclic) bond motifs is 5. The van der Waals surface area contributed by atoms with Crippen LogP contribution in [-0.4, -0.2) is 11.2 Å². The van der Waals surface area contributed by atoms with Crippen molar-refractivity contribution in [2.45, 2.75) is 73.4 Å². The highest BCUT2D eigenvalue weighted by atomic mass is 19.4. The van der Waals surface area contributed by atoms with E-state index in [1.165, 1.54) is 19.4 Å². The molecule has 0 amide bonds. The number of aromatic nitrogens is 1. The van der Waals surface area contributed by atoms with Crippen LogP contribution in [0.15, 0.2) is 60.8 Å². The quantitative estimate of drug-likeness (QED) is 0.202. The lowest BCUT2D eigenvalue weighted by molar-refractivity contribution is -0.210. The summed E-state index contributed by atoms with van der Waals surface area (Å²) in [6.07, 6.45) is -1.82. The maximum atomic E-state index is 13.9. The lowest BCUT2D eigenvalue weighted by Crippen LogP contribution is -2.34. The molecular weight excluding hydrogens is 519 g/mol. The van der Waals surface area contributed by atoms with Crippen molar-refractivity contribution in [2.24, 2.45) is 10.8 Å². The molecule has 41 heavy (non-hydrogen) atoms. The van der Waals surface area contributed by atoms with Crippen molar-refractivity contribution >= 4 is 32.3 Å². The van der Waals surface area contributed by atoms with Crippen molar-refractivity contribution in [3.05, 3.63) is 77.5 Å². The van der Waals surface area contributed by atoms with Gasteiger partial charge in [-0.1, -0.05) is 84.9 Å². The van der Waals surface area contributed by atoms with Gasteiger partial charge in [-0.3, -0.25) is 4.98 Å². The molecule has 0 radical (unpaired) electrons. The first kappa shape index (κ1) is 27.6. The Balaban J connectivity index is 1.64. The average Bonchev–Trinajstić information content (AvgIpc) is 2.88. The van der Waals surface area contributed by atoms with Gasteiger partial charge in [-0.25, -0.2) is 0 Å². The molecule has 0 atom stereocenters. The molecule has 1 aliphatic rings. The number of pyridine rings is 1. The number of ether oxygens (including phenoxy) is 1. The Hall–Kier alpha value is -3.60. The predicted molar refractivity (Wildman–Crippen MR) is 163 cm³/mol. The lowest BCUT2D eigenvalue weighted by Gasteiger charge is -2.29. The predicted octanol–water partition coefficient (Wildman–Crippen LogP) is 11.2. The molecule has 0 N–H and O–H groups in total. The number of halogens is 3. The molecule has 1 aromatic heterocycles. The third kappa shape index (κ3) is 4.64. The van der Waals surface area contributed by atoms with Crippen LogP contribution in [0.4, 0.5) is 13.2 Å². The molecule has 0 saturated carbocycles. The minimum absolute atomic E-state index is 0.00157. The Morgan fingerprint density at radius 1 is 0.805 bits per heavy atom. The number of hydrogen-bond acceptors (Lipinski definition) is 2. The minimum Gasteiger partial charge on any atom is -0.456 e. The van der Waals surface area contributed by atoms with Gasteiger partial charge in [0.15, 0.2) is 0 Å².